The molecule has 5 heteroatoms. The number of benzene rings is 1. The molecular weight excluding hydrogens is 254 g/mol. The molecular formula is C15H23N3O2. The summed E-state index contributed by atoms with van der Waals surface area (Å²) < 4.78 is 0. The Balaban J connectivity index is 2.18. The molecule has 0 atom stereocenters. The van der Waals surface area contributed by atoms with Crippen LogP contribution in [0.15, 0.2) is 35.5 Å². The molecule has 0 aliphatic heterocycles. The van der Waals surface area contributed by atoms with E-state index in [0.29, 0.717) is 24.7 Å². The number of oxime groups is 1. The minimum atomic E-state index is -0.214. The van der Waals surface area contributed by atoms with Crippen molar-refractivity contribution in [3.63, 3.8) is 0 Å². The zero-order chi connectivity index (χ0) is 14.8. The monoisotopic (exact) mass is 277 g/mol. The van der Waals surface area contributed by atoms with Crippen LogP contribution in [0.5, 0.6) is 0 Å². The fraction of sp³-hybridized carbons (Fsp3) is 0.467. The molecule has 5 nitrogen and oxygen atoms in total. The van der Waals surface area contributed by atoms with Gasteiger partial charge in [0.25, 0.3) is 5.91 Å². The minimum Gasteiger partial charge on any atom is -0.384 e. The van der Waals surface area contributed by atoms with Gasteiger partial charge in [0.1, 0.15) is 5.84 Å². The van der Waals surface area contributed by atoms with Gasteiger partial charge in [-0.05, 0) is 17.9 Å². The first-order chi connectivity index (χ1) is 9.58. The highest BCUT2D eigenvalue weighted by Gasteiger charge is 2.02. The summed E-state index contributed by atoms with van der Waals surface area (Å²) in [5, 5.41) is 6.47. The lowest BCUT2D eigenvalue weighted by molar-refractivity contribution is -0.125. The number of nitrogens with zero attached hydrogens (tertiary/aromatic N) is 1. The van der Waals surface area contributed by atoms with Crippen LogP contribution in [0.3, 0.4) is 0 Å². The van der Waals surface area contributed by atoms with Crippen molar-refractivity contribution in [3.8, 4) is 0 Å². The molecule has 0 bridgehead atoms. The van der Waals surface area contributed by atoms with Crippen molar-refractivity contribution in [1.29, 1.82) is 0 Å². The summed E-state index contributed by atoms with van der Waals surface area (Å²) in [5.41, 5.74) is 6.71. The third-order valence-electron chi connectivity index (χ3n) is 2.69. The molecule has 0 saturated carbocycles. The van der Waals surface area contributed by atoms with Gasteiger partial charge in [-0.2, -0.15) is 0 Å². The van der Waals surface area contributed by atoms with E-state index in [1.165, 1.54) is 0 Å². The maximum Gasteiger partial charge on any atom is 0.261 e. The minimum absolute atomic E-state index is 0.116. The molecule has 1 amide bonds. The van der Waals surface area contributed by atoms with E-state index in [-0.39, 0.29) is 12.5 Å². The van der Waals surface area contributed by atoms with Gasteiger partial charge < -0.3 is 15.9 Å². The van der Waals surface area contributed by atoms with Gasteiger partial charge in [0, 0.05) is 13.0 Å². The van der Waals surface area contributed by atoms with Gasteiger partial charge in [-0.25, -0.2) is 0 Å². The molecule has 0 unspecified atom stereocenters. The average molecular weight is 277 g/mol. The maximum absolute atomic E-state index is 11.5. The van der Waals surface area contributed by atoms with Gasteiger partial charge in [0.2, 0.25) is 0 Å². The van der Waals surface area contributed by atoms with E-state index in [0.717, 1.165) is 12.0 Å². The molecule has 1 aromatic carbocycles. The average Bonchev–Trinajstić information content (AvgIpc) is 2.44. The molecule has 0 fully saturated rings. The van der Waals surface area contributed by atoms with Gasteiger partial charge in [0.05, 0.1) is 0 Å². The van der Waals surface area contributed by atoms with E-state index in [4.69, 9.17) is 10.6 Å². The van der Waals surface area contributed by atoms with Crippen LogP contribution < -0.4 is 11.1 Å². The molecule has 1 rings (SSSR count). The standard InChI is InChI=1S/C15H23N3O2/c1-12(2)8-9-14(16)18-20-11-15(19)17-10-13-6-4-3-5-7-13/h3-7,12H,8-11H2,1-2H3,(H2,16,18)(H,17,19). The van der Waals surface area contributed by atoms with Crippen molar-refractivity contribution >= 4 is 11.7 Å². The van der Waals surface area contributed by atoms with E-state index < -0.39 is 0 Å². The summed E-state index contributed by atoms with van der Waals surface area (Å²) >= 11 is 0. The molecule has 110 valence electrons. The number of amidine groups is 1. The Morgan fingerprint density at radius 1 is 1.35 bits per heavy atom. The second-order valence-corrected chi connectivity index (χ2v) is 5.05. The lowest BCUT2D eigenvalue weighted by Crippen LogP contribution is -2.26. The SMILES string of the molecule is CC(C)CC/C(N)=N/OCC(=O)NCc1ccccc1. The molecule has 0 saturated heterocycles. The molecule has 0 aliphatic rings. The maximum atomic E-state index is 11.5. The smallest absolute Gasteiger partial charge is 0.261 e. The highest BCUT2D eigenvalue weighted by atomic mass is 16.6. The van der Waals surface area contributed by atoms with E-state index >= 15 is 0 Å². The van der Waals surface area contributed by atoms with Gasteiger partial charge in [-0.1, -0.05) is 49.3 Å². The molecule has 3 N–H and O–H groups in total. The largest absolute Gasteiger partial charge is 0.384 e. The van der Waals surface area contributed by atoms with Gasteiger partial charge >= 0.3 is 0 Å². The molecule has 0 aromatic heterocycles. The van der Waals surface area contributed by atoms with E-state index in [1.54, 1.807) is 0 Å². The third kappa shape index (κ3) is 7.41. The molecule has 0 aliphatic carbocycles. The molecule has 20 heavy (non-hydrogen) atoms. The van der Waals surface area contributed by atoms with Crippen molar-refractivity contribution < 1.29 is 9.63 Å². The fourth-order valence-electron chi connectivity index (χ4n) is 1.50. The topological polar surface area (TPSA) is 76.7 Å². The third-order valence-corrected chi connectivity index (χ3v) is 2.69. The summed E-state index contributed by atoms with van der Waals surface area (Å²) in [6, 6.07) is 9.69. The number of rotatable bonds is 8. The molecule has 0 spiro atoms. The number of carbonyl (C=O) groups is 1. The Hall–Kier alpha value is -2.04. The summed E-state index contributed by atoms with van der Waals surface area (Å²) in [6.45, 7) is 4.60. The van der Waals surface area contributed by atoms with Crippen molar-refractivity contribution in [3.05, 3.63) is 35.9 Å². The number of carbonyl (C=O) groups excluding carboxylic acids is 1. The van der Waals surface area contributed by atoms with Crippen LogP contribution in [0.1, 0.15) is 32.3 Å². The number of hydrogen-bond donors (Lipinski definition) is 2. The Morgan fingerprint density at radius 2 is 2.05 bits per heavy atom. The normalized spacial score (nSPS) is 11.4. The first-order valence-electron chi connectivity index (χ1n) is 6.83. The summed E-state index contributed by atoms with van der Waals surface area (Å²) in [4.78, 5) is 16.4. The number of nitrogens with two attached hydrogens (primary N) is 1. The Morgan fingerprint density at radius 3 is 2.70 bits per heavy atom. The van der Waals surface area contributed by atoms with Crippen LogP contribution >= 0.6 is 0 Å². The quantitative estimate of drug-likeness (QED) is 0.433. The summed E-state index contributed by atoms with van der Waals surface area (Å²) in [5.74, 6) is 0.779. The molecule has 0 radical (unpaired) electrons. The Labute approximate surface area is 120 Å². The number of amides is 1. The second-order valence-electron chi connectivity index (χ2n) is 5.05. The molecule has 1 aromatic rings. The predicted molar refractivity (Wildman–Crippen MR) is 79.9 cm³/mol. The molecule has 0 heterocycles. The fourth-order valence-corrected chi connectivity index (χ4v) is 1.50. The Kier molecular flexibility index (Phi) is 7.17. The van der Waals surface area contributed by atoms with Crippen LogP contribution in [0.2, 0.25) is 0 Å². The van der Waals surface area contributed by atoms with Gasteiger partial charge in [-0.15, -0.1) is 0 Å². The number of nitrogens with one attached hydrogen (secondary N) is 1. The lowest BCUT2D eigenvalue weighted by Gasteiger charge is -2.06. The number of hydrogen-bond acceptors (Lipinski definition) is 3. The van der Waals surface area contributed by atoms with Crippen molar-refractivity contribution in [1.82, 2.24) is 5.32 Å². The van der Waals surface area contributed by atoms with Gasteiger partial charge in [-0.3, -0.25) is 4.79 Å². The first-order valence-corrected chi connectivity index (χ1v) is 6.83. The van der Waals surface area contributed by atoms with E-state index in [9.17, 15) is 4.79 Å². The highest BCUT2D eigenvalue weighted by molar-refractivity contribution is 5.80. The van der Waals surface area contributed by atoms with Crippen molar-refractivity contribution in [2.24, 2.45) is 16.8 Å². The van der Waals surface area contributed by atoms with Crippen LogP contribution in [0.4, 0.5) is 0 Å². The lowest BCUT2D eigenvalue weighted by atomic mass is 10.1. The van der Waals surface area contributed by atoms with Gasteiger partial charge in [0.15, 0.2) is 6.61 Å². The van der Waals surface area contributed by atoms with E-state index in [1.807, 2.05) is 30.3 Å². The second kappa shape index (κ2) is 8.96. The zero-order valence-electron chi connectivity index (χ0n) is 12.1. The van der Waals surface area contributed by atoms with Crippen molar-refractivity contribution in [2.45, 2.75) is 33.2 Å². The summed E-state index contributed by atoms with van der Waals surface area (Å²) in [7, 11) is 0. The van der Waals surface area contributed by atoms with E-state index in [2.05, 4.69) is 24.3 Å². The van der Waals surface area contributed by atoms with Crippen molar-refractivity contribution in [2.75, 3.05) is 6.61 Å². The van der Waals surface area contributed by atoms with Crippen LogP contribution in [0.25, 0.3) is 0 Å². The van der Waals surface area contributed by atoms with Crippen LogP contribution in [-0.4, -0.2) is 18.3 Å². The summed E-state index contributed by atoms with van der Waals surface area (Å²) in [6.07, 6.45) is 1.64. The predicted octanol–water partition coefficient (Wildman–Crippen LogP) is 2.03. The van der Waals surface area contributed by atoms with Crippen LogP contribution in [0, 0.1) is 5.92 Å². The highest BCUT2D eigenvalue weighted by Crippen LogP contribution is 2.02. The first kappa shape index (κ1) is 16.0. The Bertz CT molecular complexity index is 430. The zero-order valence-corrected chi connectivity index (χ0v) is 12.1. The van der Waals surface area contributed by atoms with Crippen LogP contribution in [-0.2, 0) is 16.2 Å².